The van der Waals surface area contributed by atoms with Crippen LogP contribution in [-0.2, 0) is 17.8 Å². The molecule has 0 bridgehead atoms. The van der Waals surface area contributed by atoms with Crippen molar-refractivity contribution in [3.05, 3.63) is 59.4 Å². The smallest absolute Gasteiger partial charge is 0.210 e. The second-order valence-electron chi connectivity index (χ2n) is 5.59. The summed E-state index contributed by atoms with van der Waals surface area (Å²) in [6, 6.07) is 9.86. The Bertz CT molecular complexity index is 813. The van der Waals surface area contributed by atoms with E-state index in [0.717, 1.165) is 22.3 Å². The molecule has 3 aromatic rings. The number of aryl methyl sites for hydroxylation is 2. The molecular weight excluding hydrogens is 370 g/mol. The van der Waals surface area contributed by atoms with Gasteiger partial charge in [-0.1, -0.05) is 18.2 Å². The van der Waals surface area contributed by atoms with E-state index in [1.54, 1.807) is 0 Å². The van der Waals surface area contributed by atoms with Crippen LogP contribution in [0, 0.1) is 13.8 Å². The third-order valence-corrected chi connectivity index (χ3v) is 3.84. The van der Waals surface area contributed by atoms with Crippen molar-refractivity contribution in [1.29, 1.82) is 0 Å². The van der Waals surface area contributed by atoms with Gasteiger partial charge >= 0.3 is 0 Å². The number of nitrogens with zero attached hydrogens (tertiary/aromatic N) is 4. The zero-order valence-electron chi connectivity index (χ0n) is 13.5. The quantitative estimate of drug-likeness (QED) is 0.545. The number of aromatic amines is 1. The number of hydrogen-bond acceptors (Lipinski definition) is 4. The predicted molar refractivity (Wildman–Crippen MR) is 84.4 cm³/mol. The summed E-state index contributed by atoms with van der Waals surface area (Å²) in [4.78, 5) is 12.4. The lowest BCUT2D eigenvalue weighted by atomic mass is 9.98. The Hall–Kier alpha value is -2.41. The molecule has 1 aromatic carbocycles. The fourth-order valence-corrected chi connectivity index (χ4v) is 2.62. The molecule has 0 fully saturated rings. The number of benzene rings is 1. The van der Waals surface area contributed by atoms with Gasteiger partial charge in [0.05, 0.1) is 5.56 Å². The lowest BCUT2D eigenvalue weighted by Gasteiger charge is -2.07. The molecule has 1 N–H and O–H groups in total. The number of H-pyrrole nitrogens is 1. The van der Waals surface area contributed by atoms with Crippen LogP contribution in [0.2, 0.25) is 0 Å². The molecule has 24 heavy (non-hydrogen) atoms. The molecule has 2 heterocycles. The molecule has 0 aliphatic heterocycles. The zero-order valence-corrected chi connectivity index (χ0v) is 15.1. The molecule has 3 rings (SSSR count). The monoisotopic (exact) mass is 387 g/mol. The van der Waals surface area contributed by atoms with Crippen molar-refractivity contribution in [2.24, 2.45) is 0 Å². The summed E-state index contributed by atoms with van der Waals surface area (Å²) >= 11 is 0. The van der Waals surface area contributed by atoms with Crippen LogP contribution >= 0.6 is 0 Å². The fourth-order valence-electron chi connectivity index (χ4n) is 2.62. The van der Waals surface area contributed by atoms with E-state index in [4.69, 9.17) is 0 Å². The maximum Gasteiger partial charge on any atom is 0.210 e. The third kappa shape index (κ3) is 4.11. The fraction of sp³-hybridized carbons (Fsp3) is 0.235. The van der Waals surface area contributed by atoms with Gasteiger partial charge in [-0.3, -0.25) is 4.79 Å². The van der Waals surface area contributed by atoms with Crippen LogP contribution in [-0.4, -0.2) is 26.4 Å². The minimum Gasteiger partial charge on any atom is -1.00 e. The number of tetrazole rings is 1. The highest BCUT2D eigenvalue weighted by Crippen LogP contribution is 2.14. The highest BCUT2D eigenvalue weighted by molar-refractivity contribution is 5.80. The Morgan fingerprint density at radius 2 is 1.92 bits per heavy atom. The number of carbonyl (C=O) groups is 1. The largest absolute Gasteiger partial charge is 1.00 e. The molecule has 0 spiro atoms. The van der Waals surface area contributed by atoms with E-state index in [9.17, 15) is 4.79 Å². The Morgan fingerprint density at radius 1 is 1.17 bits per heavy atom. The van der Waals surface area contributed by atoms with Gasteiger partial charge in [0.2, 0.25) is 18.2 Å². The first-order valence-corrected chi connectivity index (χ1v) is 7.43. The van der Waals surface area contributed by atoms with Crippen LogP contribution < -0.4 is 21.5 Å². The maximum atomic E-state index is 12.4. The van der Waals surface area contributed by atoms with Crippen LogP contribution in [0.3, 0.4) is 0 Å². The highest BCUT2D eigenvalue weighted by Gasteiger charge is 2.15. The van der Waals surface area contributed by atoms with E-state index in [1.165, 1.54) is 0 Å². The summed E-state index contributed by atoms with van der Waals surface area (Å²) in [5.74, 6) is 0.680. The molecule has 0 saturated carbocycles. The number of nitrogens with one attached hydrogen (secondary N) is 1. The van der Waals surface area contributed by atoms with Gasteiger partial charge in [-0.2, -0.15) is 9.78 Å². The second kappa shape index (κ2) is 7.92. The first kappa shape index (κ1) is 17.9. The summed E-state index contributed by atoms with van der Waals surface area (Å²) in [6.07, 6.45) is 4.16. The number of halogens is 1. The van der Waals surface area contributed by atoms with E-state index in [1.807, 2.05) is 61.1 Å². The van der Waals surface area contributed by atoms with Crippen molar-refractivity contribution in [1.82, 2.24) is 20.6 Å². The molecule has 124 valence electrons. The SMILES string of the molecule is Cc1cccc(C)c1CC(=O)C[n+]1cccc(-c2nn[nH]n2)c1.[Br-]. The number of aromatic nitrogens is 5. The minimum absolute atomic E-state index is 0. The third-order valence-electron chi connectivity index (χ3n) is 3.84. The van der Waals surface area contributed by atoms with Crippen LogP contribution in [0.1, 0.15) is 16.7 Å². The van der Waals surface area contributed by atoms with Crippen molar-refractivity contribution in [2.45, 2.75) is 26.8 Å². The van der Waals surface area contributed by atoms with E-state index < -0.39 is 0 Å². The molecule has 0 amide bonds. The van der Waals surface area contributed by atoms with Crippen molar-refractivity contribution in [2.75, 3.05) is 0 Å². The molecule has 0 atom stereocenters. The summed E-state index contributed by atoms with van der Waals surface area (Å²) in [5, 5.41) is 13.9. The average Bonchev–Trinajstić information content (AvgIpc) is 3.06. The topological polar surface area (TPSA) is 75.4 Å². The molecule has 0 radical (unpaired) electrons. The van der Waals surface area contributed by atoms with Crippen LogP contribution in [0.15, 0.2) is 42.7 Å². The number of ketones is 1. The number of carbonyl (C=O) groups excluding carboxylic acids is 1. The molecule has 0 aliphatic rings. The molecule has 6 nitrogen and oxygen atoms in total. The Labute approximate surface area is 150 Å². The summed E-state index contributed by atoms with van der Waals surface area (Å²) in [5.41, 5.74) is 4.25. The number of pyridine rings is 1. The first-order valence-electron chi connectivity index (χ1n) is 7.43. The molecule has 2 aromatic heterocycles. The molecular formula is C17H18BrN5O. The predicted octanol–water partition coefficient (Wildman–Crippen LogP) is -1.41. The second-order valence-corrected chi connectivity index (χ2v) is 5.59. The molecule has 0 unspecified atom stereocenters. The normalized spacial score (nSPS) is 10.2. The lowest BCUT2D eigenvalue weighted by molar-refractivity contribution is -0.683. The van der Waals surface area contributed by atoms with Gasteiger partial charge in [-0.05, 0) is 41.8 Å². The Morgan fingerprint density at radius 3 is 2.58 bits per heavy atom. The van der Waals surface area contributed by atoms with Gasteiger partial charge in [0, 0.05) is 12.5 Å². The molecule has 0 aliphatic carbocycles. The van der Waals surface area contributed by atoms with Gasteiger partial charge in [0.15, 0.2) is 12.4 Å². The highest BCUT2D eigenvalue weighted by atomic mass is 79.9. The van der Waals surface area contributed by atoms with Crippen molar-refractivity contribution in [3.63, 3.8) is 0 Å². The molecule has 7 heteroatoms. The van der Waals surface area contributed by atoms with Gasteiger partial charge in [-0.25, -0.2) is 0 Å². The number of Topliss-reactive ketones (excluding diaryl/α,β-unsaturated/α-hetero) is 1. The maximum absolute atomic E-state index is 12.4. The van der Waals surface area contributed by atoms with E-state index in [-0.39, 0.29) is 22.8 Å². The zero-order chi connectivity index (χ0) is 16.2. The number of rotatable bonds is 5. The first-order chi connectivity index (χ1) is 11.1. The van der Waals surface area contributed by atoms with E-state index in [2.05, 4.69) is 20.6 Å². The van der Waals surface area contributed by atoms with E-state index in [0.29, 0.717) is 18.8 Å². The van der Waals surface area contributed by atoms with Gasteiger partial charge in [0.25, 0.3) is 0 Å². The van der Waals surface area contributed by atoms with Crippen molar-refractivity contribution in [3.8, 4) is 11.4 Å². The Balaban J connectivity index is 0.00000208. The standard InChI is InChI=1S/C17H18N5O.BrH/c1-12-5-3-6-13(2)16(12)9-15(23)11-22-8-4-7-14(10-22)17-18-20-21-19-17;/h3-8,10H,9,11H2,1-2H3,(H,18,19,20,21);1H/q+1;/p-1. The number of hydrogen-bond donors (Lipinski definition) is 1. The Kier molecular flexibility index (Phi) is 5.92. The van der Waals surface area contributed by atoms with Crippen molar-refractivity contribution >= 4 is 5.78 Å². The average molecular weight is 388 g/mol. The van der Waals surface area contributed by atoms with Crippen LogP contribution in [0.25, 0.3) is 11.4 Å². The van der Waals surface area contributed by atoms with Gasteiger partial charge in [0.1, 0.15) is 0 Å². The minimum atomic E-state index is 0. The lowest BCUT2D eigenvalue weighted by Crippen LogP contribution is -3.00. The van der Waals surface area contributed by atoms with Gasteiger partial charge < -0.3 is 17.0 Å². The van der Waals surface area contributed by atoms with Crippen LogP contribution in [0.5, 0.6) is 0 Å². The van der Waals surface area contributed by atoms with Gasteiger partial charge in [-0.15, -0.1) is 10.2 Å². The summed E-state index contributed by atoms with van der Waals surface area (Å²) in [7, 11) is 0. The summed E-state index contributed by atoms with van der Waals surface area (Å²) in [6.45, 7) is 4.40. The van der Waals surface area contributed by atoms with Crippen LogP contribution in [0.4, 0.5) is 0 Å². The van der Waals surface area contributed by atoms with Crippen molar-refractivity contribution < 1.29 is 26.3 Å². The molecule has 0 saturated heterocycles. The summed E-state index contributed by atoms with van der Waals surface area (Å²) < 4.78 is 1.85. The van der Waals surface area contributed by atoms with E-state index >= 15 is 0 Å².